The van der Waals surface area contributed by atoms with Crippen molar-refractivity contribution in [2.75, 3.05) is 19.6 Å². The number of benzene rings is 2. The Balaban J connectivity index is 1.58. The summed E-state index contributed by atoms with van der Waals surface area (Å²) in [5.74, 6) is -0.862. The van der Waals surface area contributed by atoms with Crippen LogP contribution in [0.4, 0.5) is 18.0 Å². The van der Waals surface area contributed by atoms with E-state index in [9.17, 15) is 32.7 Å². The largest absolute Gasteiger partial charge is 0.465 e. The SMILES string of the molecule is N#Cc1ccc(CN2CC(=O)N(Cc3ccc(C(F)(F)F)cc3)C3(CN(C(=O)O)C3)C2=O)cc1. The molecule has 2 saturated heterocycles. The van der Waals surface area contributed by atoms with Gasteiger partial charge in [0.1, 0.15) is 6.54 Å². The molecule has 1 spiro atoms. The van der Waals surface area contributed by atoms with Crippen molar-refractivity contribution in [3.8, 4) is 6.07 Å². The Morgan fingerprint density at radius 3 is 2.09 bits per heavy atom. The third-order valence-electron chi connectivity index (χ3n) is 6.08. The molecule has 0 radical (unpaired) electrons. The van der Waals surface area contributed by atoms with Crippen LogP contribution < -0.4 is 0 Å². The lowest BCUT2D eigenvalue weighted by molar-refractivity contribution is -0.178. The first-order valence-corrected chi connectivity index (χ1v) is 10.3. The number of piperazine rings is 1. The molecule has 2 aliphatic heterocycles. The number of nitrogens with zero attached hydrogens (tertiary/aromatic N) is 4. The minimum absolute atomic E-state index is 0.0965. The topological polar surface area (TPSA) is 105 Å². The molecule has 1 N–H and O–H groups in total. The molecule has 0 unspecified atom stereocenters. The molecule has 3 amide bonds. The number of likely N-dealkylation sites (tertiary alicyclic amines) is 1. The molecule has 2 fully saturated rings. The Bertz CT molecular complexity index is 1170. The van der Waals surface area contributed by atoms with Gasteiger partial charge in [-0.3, -0.25) is 9.59 Å². The molecule has 0 aliphatic carbocycles. The lowest BCUT2D eigenvalue weighted by Gasteiger charge is -2.57. The molecule has 11 heteroatoms. The van der Waals surface area contributed by atoms with Crippen LogP contribution in [-0.2, 0) is 28.9 Å². The van der Waals surface area contributed by atoms with Gasteiger partial charge in [-0.2, -0.15) is 18.4 Å². The van der Waals surface area contributed by atoms with Crippen LogP contribution in [0.2, 0.25) is 0 Å². The Kier molecular flexibility index (Phi) is 5.69. The van der Waals surface area contributed by atoms with Gasteiger partial charge in [-0.1, -0.05) is 24.3 Å². The Hall–Kier alpha value is -4.07. The number of carboxylic acid groups (broad SMARTS) is 1. The molecular weight excluding hydrogens is 453 g/mol. The average Bonchev–Trinajstić information content (AvgIpc) is 2.76. The lowest BCUT2D eigenvalue weighted by Crippen LogP contribution is -2.80. The summed E-state index contributed by atoms with van der Waals surface area (Å²) in [6.07, 6.45) is -5.73. The van der Waals surface area contributed by atoms with Gasteiger partial charge >= 0.3 is 12.3 Å². The van der Waals surface area contributed by atoms with Crippen LogP contribution >= 0.6 is 0 Å². The number of halogens is 3. The fraction of sp³-hybridized carbons (Fsp3) is 0.304. The molecular formula is C23H19F3N4O4. The first kappa shape index (κ1) is 23.1. The summed E-state index contributed by atoms with van der Waals surface area (Å²) >= 11 is 0. The predicted molar refractivity (Wildman–Crippen MR) is 111 cm³/mol. The molecule has 2 aromatic carbocycles. The van der Waals surface area contributed by atoms with E-state index in [2.05, 4.69) is 0 Å². The van der Waals surface area contributed by atoms with Crippen LogP contribution in [0.3, 0.4) is 0 Å². The second-order valence-corrected chi connectivity index (χ2v) is 8.31. The minimum atomic E-state index is -4.50. The number of nitriles is 1. The molecule has 0 aromatic heterocycles. The van der Waals surface area contributed by atoms with Crippen molar-refractivity contribution in [1.29, 1.82) is 5.26 Å². The highest BCUT2D eigenvalue weighted by Crippen LogP contribution is 2.36. The highest BCUT2D eigenvalue weighted by Gasteiger charge is 2.60. The lowest BCUT2D eigenvalue weighted by atomic mass is 9.83. The van der Waals surface area contributed by atoms with Crippen LogP contribution in [0.15, 0.2) is 48.5 Å². The maximum absolute atomic E-state index is 13.5. The van der Waals surface area contributed by atoms with Gasteiger partial charge in [-0.25, -0.2) is 4.79 Å². The summed E-state index contributed by atoms with van der Waals surface area (Å²) in [6, 6.07) is 12.8. The number of rotatable bonds is 4. The molecule has 0 saturated carbocycles. The highest BCUT2D eigenvalue weighted by molar-refractivity contribution is 6.00. The fourth-order valence-corrected chi connectivity index (χ4v) is 4.25. The maximum Gasteiger partial charge on any atom is 0.416 e. The van der Waals surface area contributed by atoms with Crippen LogP contribution in [-0.4, -0.2) is 62.9 Å². The molecule has 0 bridgehead atoms. The third-order valence-corrected chi connectivity index (χ3v) is 6.08. The van der Waals surface area contributed by atoms with Crippen molar-refractivity contribution in [2.24, 2.45) is 0 Å². The van der Waals surface area contributed by atoms with Crippen molar-refractivity contribution in [3.63, 3.8) is 0 Å². The average molecular weight is 472 g/mol. The van der Waals surface area contributed by atoms with E-state index in [-0.39, 0.29) is 32.7 Å². The van der Waals surface area contributed by atoms with Crippen LogP contribution in [0, 0.1) is 11.3 Å². The highest BCUT2D eigenvalue weighted by atomic mass is 19.4. The van der Waals surface area contributed by atoms with Gasteiger partial charge in [0, 0.05) is 13.1 Å². The monoisotopic (exact) mass is 472 g/mol. The molecule has 2 aromatic rings. The second kappa shape index (κ2) is 8.37. The van der Waals surface area contributed by atoms with Gasteiger partial charge in [0.05, 0.1) is 30.3 Å². The molecule has 2 aliphatic rings. The van der Waals surface area contributed by atoms with Crippen molar-refractivity contribution in [3.05, 3.63) is 70.8 Å². The van der Waals surface area contributed by atoms with Gasteiger partial charge in [0.25, 0.3) is 5.91 Å². The molecule has 0 atom stereocenters. The van der Waals surface area contributed by atoms with E-state index in [1.165, 1.54) is 21.9 Å². The van der Waals surface area contributed by atoms with Gasteiger partial charge in [0.15, 0.2) is 5.54 Å². The number of amides is 3. The van der Waals surface area contributed by atoms with E-state index in [4.69, 9.17) is 5.26 Å². The van der Waals surface area contributed by atoms with Gasteiger partial charge in [-0.15, -0.1) is 0 Å². The fourth-order valence-electron chi connectivity index (χ4n) is 4.25. The van der Waals surface area contributed by atoms with E-state index in [0.29, 0.717) is 16.7 Å². The zero-order chi connectivity index (χ0) is 24.7. The zero-order valence-electron chi connectivity index (χ0n) is 17.7. The quantitative estimate of drug-likeness (QED) is 0.737. The van der Waals surface area contributed by atoms with Crippen molar-refractivity contribution in [1.82, 2.24) is 14.7 Å². The van der Waals surface area contributed by atoms with E-state index < -0.39 is 35.2 Å². The summed E-state index contributed by atoms with van der Waals surface area (Å²) in [7, 11) is 0. The number of hydrogen-bond acceptors (Lipinski definition) is 4. The normalized spacial score (nSPS) is 17.5. The third kappa shape index (κ3) is 4.14. The first-order valence-electron chi connectivity index (χ1n) is 10.3. The van der Waals surface area contributed by atoms with E-state index in [0.717, 1.165) is 17.0 Å². The summed E-state index contributed by atoms with van der Waals surface area (Å²) < 4.78 is 38.6. The van der Waals surface area contributed by atoms with Crippen molar-refractivity contribution >= 4 is 17.9 Å². The van der Waals surface area contributed by atoms with Crippen molar-refractivity contribution < 1.29 is 32.7 Å². The predicted octanol–water partition coefficient (Wildman–Crippen LogP) is 2.68. The second-order valence-electron chi connectivity index (χ2n) is 8.31. The first-order chi connectivity index (χ1) is 16.0. The van der Waals surface area contributed by atoms with Gasteiger partial charge < -0.3 is 19.8 Å². The summed E-state index contributed by atoms with van der Waals surface area (Å²) in [5.41, 5.74) is -0.728. The molecule has 4 rings (SSSR count). The molecule has 176 valence electrons. The number of carbonyl (C=O) groups excluding carboxylic acids is 2. The van der Waals surface area contributed by atoms with Gasteiger partial charge in [0.2, 0.25) is 5.91 Å². The standard InChI is InChI=1S/C23H19F3N4O4/c24-23(25,26)18-7-5-17(6-8-18)11-30-19(31)12-28(10-16-3-1-15(9-27)2-4-16)20(32)22(30)13-29(14-22)21(33)34/h1-8H,10-14H2,(H,33,34). The molecule has 2 heterocycles. The van der Waals surface area contributed by atoms with Crippen LogP contribution in [0.25, 0.3) is 0 Å². The Morgan fingerprint density at radius 1 is 1.00 bits per heavy atom. The maximum atomic E-state index is 13.5. The summed E-state index contributed by atoms with van der Waals surface area (Å²) in [6.45, 7) is -0.733. The van der Waals surface area contributed by atoms with E-state index >= 15 is 0 Å². The Labute approximate surface area is 192 Å². The zero-order valence-corrected chi connectivity index (χ0v) is 17.7. The van der Waals surface area contributed by atoms with E-state index in [1.807, 2.05) is 6.07 Å². The number of alkyl halides is 3. The van der Waals surface area contributed by atoms with Crippen LogP contribution in [0.1, 0.15) is 22.3 Å². The molecule has 8 nitrogen and oxygen atoms in total. The van der Waals surface area contributed by atoms with Crippen molar-refractivity contribution in [2.45, 2.75) is 24.8 Å². The van der Waals surface area contributed by atoms with E-state index in [1.54, 1.807) is 24.3 Å². The number of hydrogen-bond donors (Lipinski definition) is 1. The summed E-state index contributed by atoms with van der Waals surface area (Å²) in [5, 5.41) is 18.2. The number of carbonyl (C=O) groups is 3. The van der Waals surface area contributed by atoms with Crippen LogP contribution in [0.5, 0.6) is 0 Å². The Morgan fingerprint density at radius 2 is 1.56 bits per heavy atom. The molecule has 34 heavy (non-hydrogen) atoms. The smallest absolute Gasteiger partial charge is 0.416 e. The van der Waals surface area contributed by atoms with Gasteiger partial charge in [-0.05, 0) is 35.4 Å². The minimum Gasteiger partial charge on any atom is -0.465 e. The summed E-state index contributed by atoms with van der Waals surface area (Å²) in [4.78, 5) is 41.6.